The van der Waals surface area contributed by atoms with Gasteiger partial charge in [-0.1, -0.05) is 50.5 Å². The third-order valence-corrected chi connectivity index (χ3v) is 4.72. The predicted molar refractivity (Wildman–Crippen MR) is 101 cm³/mol. The largest absolute Gasteiger partial charge is 0.237 e. The lowest BCUT2D eigenvalue weighted by Crippen LogP contribution is -1.98. The lowest BCUT2D eigenvalue weighted by Gasteiger charge is -2.09. The van der Waals surface area contributed by atoms with Gasteiger partial charge in [-0.3, -0.25) is 0 Å². The quantitative estimate of drug-likeness (QED) is 0.576. The van der Waals surface area contributed by atoms with Gasteiger partial charge in [0.15, 0.2) is 5.65 Å². The summed E-state index contributed by atoms with van der Waals surface area (Å²) in [6.45, 7) is 8.73. The molecule has 0 fully saturated rings. The zero-order valence-electron chi connectivity index (χ0n) is 15.3. The Morgan fingerprint density at radius 3 is 2.58 bits per heavy atom. The number of fused-ring (bicyclic) bond motifs is 1. The van der Waals surface area contributed by atoms with Crippen LogP contribution in [0.15, 0.2) is 30.5 Å². The van der Waals surface area contributed by atoms with Crippen LogP contribution in [0.25, 0.3) is 16.9 Å². The molecule has 0 amide bonds. The van der Waals surface area contributed by atoms with Crippen molar-refractivity contribution in [1.29, 1.82) is 0 Å². The highest BCUT2D eigenvalue weighted by molar-refractivity contribution is 5.67. The van der Waals surface area contributed by atoms with Crippen molar-refractivity contribution < 1.29 is 0 Å². The third kappa shape index (κ3) is 3.08. The SMILES string of the molecule is CCCCCc1c(CC)nn2c(-c3ccc(C)cc3C)ccnc12. The molecule has 3 nitrogen and oxygen atoms in total. The first-order valence-corrected chi connectivity index (χ1v) is 9.08. The van der Waals surface area contributed by atoms with Crippen LogP contribution >= 0.6 is 0 Å². The summed E-state index contributed by atoms with van der Waals surface area (Å²) in [6, 6.07) is 8.67. The molecule has 24 heavy (non-hydrogen) atoms. The molecule has 0 aliphatic carbocycles. The fourth-order valence-electron chi connectivity index (χ4n) is 3.43. The van der Waals surface area contributed by atoms with Gasteiger partial charge in [0.2, 0.25) is 0 Å². The van der Waals surface area contributed by atoms with Crippen LogP contribution in [0.5, 0.6) is 0 Å². The van der Waals surface area contributed by atoms with Crippen LogP contribution in [0.3, 0.4) is 0 Å². The molecule has 0 aliphatic rings. The maximum Gasteiger partial charge on any atom is 0.159 e. The lowest BCUT2D eigenvalue weighted by atomic mass is 10.0. The van der Waals surface area contributed by atoms with Crippen molar-refractivity contribution in [2.75, 3.05) is 0 Å². The summed E-state index contributed by atoms with van der Waals surface area (Å²) in [5.74, 6) is 0. The number of aryl methyl sites for hydroxylation is 4. The molecule has 0 spiro atoms. The second kappa shape index (κ2) is 7.16. The zero-order chi connectivity index (χ0) is 17.1. The molecule has 1 aromatic carbocycles. The molecule has 0 radical (unpaired) electrons. The fourth-order valence-corrected chi connectivity index (χ4v) is 3.43. The van der Waals surface area contributed by atoms with Crippen LogP contribution in [0, 0.1) is 13.8 Å². The van der Waals surface area contributed by atoms with Crippen LogP contribution in [-0.4, -0.2) is 14.6 Å². The highest BCUT2D eigenvalue weighted by Gasteiger charge is 2.16. The standard InChI is InChI=1S/C21H27N3/c1-5-7-8-9-18-19(6-2)23-24-20(12-13-22-21(18)24)17-11-10-15(3)14-16(17)4/h10-14H,5-9H2,1-4H3. The van der Waals surface area contributed by atoms with Crippen molar-refractivity contribution in [1.82, 2.24) is 14.6 Å². The third-order valence-electron chi connectivity index (χ3n) is 4.72. The minimum absolute atomic E-state index is 0.955. The molecule has 126 valence electrons. The number of hydrogen-bond acceptors (Lipinski definition) is 2. The minimum atomic E-state index is 0.955. The monoisotopic (exact) mass is 321 g/mol. The Balaban J connectivity index is 2.13. The molecule has 2 aromatic heterocycles. The number of nitrogens with zero attached hydrogens (tertiary/aromatic N) is 3. The number of benzene rings is 1. The zero-order valence-corrected chi connectivity index (χ0v) is 15.3. The minimum Gasteiger partial charge on any atom is -0.237 e. The average molecular weight is 321 g/mol. The van der Waals surface area contributed by atoms with E-state index in [4.69, 9.17) is 5.10 Å². The summed E-state index contributed by atoms with van der Waals surface area (Å²) in [5.41, 5.74) is 8.49. The van der Waals surface area contributed by atoms with Crippen molar-refractivity contribution in [3.63, 3.8) is 0 Å². The van der Waals surface area contributed by atoms with Gasteiger partial charge in [-0.2, -0.15) is 5.10 Å². The Kier molecular flexibility index (Phi) is 4.98. The molecule has 0 saturated carbocycles. The van der Waals surface area contributed by atoms with E-state index in [1.54, 1.807) is 0 Å². The van der Waals surface area contributed by atoms with Gasteiger partial charge >= 0.3 is 0 Å². The number of hydrogen-bond donors (Lipinski definition) is 0. The van der Waals surface area contributed by atoms with Gasteiger partial charge in [0.25, 0.3) is 0 Å². The van der Waals surface area contributed by atoms with Crippen LogP contribution in [0.4, 0.5) is 0 Å². The van der Waals surface area contributed by atoms with E-state index in [0.29, 0.717) is 0 Å². The molecule has 0 aliphatic heterocycles. The summed E-state index contributed by atoms with van der Waals surface area (Å²) in [5, 5.41) is 4.90. The number of unbranched alkanes of at least 4 members (excludes halogenated alkanes) is 2. The van der Waals surface area contributed by atoms with Crippen molar-refractivity contribution in [2.45, 2.75) is 59.8 Å². The van der Waals surface area contributed by atoms with E-state index in [1.165, 1.54) is 47.2 Å². The van der Waals surface area contributed by atoms with E-state index < -0.39 is 0 Å². The Bertz CT molecular complexity index is 846. The van der Waals surface area contributed by atoms with Gasteiger partial charge in [-0.05, 0) is 44.7 Å². The van der Waals surface area contributed by atoms with Gasteiger partial charge in [0, 0.05) is 17.3 Å². The Morgan fingerprint density at radius 1 is 1.04 bits per heavy atom. The first-order chi connectivity index (χ1) is 11.7. The topological polar surface area (TPSA) is 30.2 Å². The second-order valence-corrected chi connectivity index (χ2v) is 6.62. The summed E-state index contributed by atoms with van der Waals surface area (Å²) >= 11 is 0. The normalized spacial score (nSPS) is 11.3. The molecule has 0 unspecified atom stereocenters. The van der Waals surface area contributed by atoms with Crippen molar-refractivity contribution in [2.24, 2.45) is 0 Å². The van der Waals surface area contributed by atoms with Crippen LogP contribution in [0.2, 0.25) is 0 Å². The van der Waals surface area contributed by atoms with Gasteiger partial charge in [0.05, 0.1) is 11.4 Å². The summed E-state index contributed by atoms with van der Waals surface area (Å²) in [7, 11) is 0. The van der Waals surface area contributed by atoms with Gasteiger partial charge in [-0.15, -0.1) is 0 Å². The Hall–Kier alpha value is -2.16. The highest BCUT2D eigenvalue weighted by Crippen LogP contribution is 2.27. The van der Waals surface area contributed by atoms with E-state index in [9.17, 15) is 0 Å². The fraction of sp³-hybridized carbons (Fsp3) is 0.429. The van der Waals surface area contributed by atoms with Gasteiger partial charge in [0.1, 0.15) is 0 Å². The first kappa shape index (κ1) is 16.7. The maximum absolute atomic E-state index is 4.90. The molecule has 3 aromatic rings. The summed E-state index contributed by atoms with van der Waals surface area (Å²) in [6.07, 6.45) is 7.66. The van der Waals surface area contributed by atoms with Crippen molar-refractivity contribution in [3.8, 4) is 11.3 Å². The average Bonchev–Trinajstić information content (AvgIpc) is 2.93. The molecular weight excluding hydrogens is 294 g/mol. The van der Waals surface area contributed by atoms with E-state index in [2.05, 4.69) is 61.5 Å². The van der Waals surface area contributed by atoms with Gasteiger partial charge in [-0.25, -0.2) is 9.50 Å². The van der Waals surface area contributed by atoms with Crippen LogP contribution < -0.4 is 0 Å². The molecule has 0 bridgehead atoms. The second-order valence-electron chi connectivity index (χ2n) is 6.62. The Morgan fingerprint density at radius 2 is 1.88 bits per heavy atom. The lowest BCUT2D eigenvalue weighted by molar-refractivity contribution is 0.715. The van der Waals surface area contributed by atoms with Crippen LogP contribution in [0.1, 0.15) is 55.5 Å². The van der Waals surface area contributed by atoms with E-state index in [0.717, 1.165) is 24.2 Å². The van der Waals surface area contributed by atoms with E-state index in [1.807, 2.05) is 6.20 Å². The van der Waals surface area contributed by atoms with E-state index >= 15 is 0 Å². The van der Waals surface area contributed by atoms with Crippen molar-refractivity contribution in [3.05, 3.63) is 52.8 Å². The smallest absolute Gasteiger partial charge is 0.159 e. The molecule has 3 rings (SSSR count). The summed E-state index contributed by atoms with van der Waals surface area (Å²) in [4.78, 5) is 4.66. The highest BCUT2D eigenvalue weighted by atomic mass is 15.3. The first-order valence-electron chi connectivity index (χ1n) is 9.08. The maximum atomic E-state index is 4.90. The summed E-state index contributed by atoms with van der Waals surface area (Å²) < 4.78 is 2.05. The molecule has 0 N–H and O–H groups in total. The predicted octanol–water partition coefficient (Wildman–Crippen LogP) is 5.31. The number of aromatic nitrogens is 3. The molecule has 0 atom stereocenters. The van der Waals surface area contributed by atoms with Gasteiger partial charge < -0.3 is 0 Å². The Labute approximate surface area is 144 Å². The number of rotatable bonds is 6. The van der Waals surface area contributed by atoms with E-state index in [-0.39, 0.29) is 0 Å². The molecule has 2 heterocycles. The molecular formula is C21H27N3. The molecule has 0 saturated heterocycles. The van der Waals surface area contributed by atoms with Crippen LogP contribution in [-0.2, 0) is 12.8 Å². The molecule has 3 heteroatoms. The van der Waals surface area contributed by atoms with Crippen molar-refractivity contribution >= 4 is 5.65 Å².